The summed E-state index contributed by atoms with van der Waals surface area (Å²) >= 11 is 0. The fourth-order valence-electron chi connectivity index (χ4n) is 2.44. The molecule has 3 atom stereocenters. The molecule has 0 amide bonds. The average molecular weight is 177 g/mol. The SMILES string of the molecule is OC[C@]12CC(F)CN1CCC2F. The van der Waals surface area contributed by atoms with Crippen LogP contribution in [0, 0.1) is 0 Å². The van der Waals surface area contributed by atoms with Crippen LogP contribution in [-0.2, 0) is 0 Å². The summed E-state index contributed by atoms with van der Waals surface area (Å²) in [6, 6.07) is 0. The number of nitrogens with zero attached hydrogens (tertiary/aromatic N) is 1. The molecule has 0 aromatic heterocycles. The van der Waals surface area contributed by atoms with E-state index in [0.29, 0.717) is 19.5 Å². The van der Waals surface area contributed by atoms with Crippen LogP contribution < -0.4 is 0 Å². The van der Waals surface area contributed by atoms with Crippen LogP contribution in [0.15, 0.2) is 0 Å². The zero-order chi connectivity index (χ0) is 8.77. The molecule has 0 aromatic rings. The van der Waals surface area contributed by atoms with Crippen molar-refractivity contribution >= 4 is 0 Å². The van der Waals surface area contributed by atoms with E-state index in [1.807, 2.05) is 0 Å². The lowest BCUT2D eigenvalue weighted by Gasteiger charge is -2.30. The summed E-state index contributed by atoms with van der Waals surface area (Å²) in [6.45, 7) is 0.623. The molecule has 2 aliphatic heterocycles. The molecule has 2 fully saturated rings. The summed E-state index contributed by atoms with van der Waals surface area (Å²) in [7, 11) is 0. The second-order valence-corrected chi connectivity index (χ2v) is 3.77. The van der Waals surface area contributed by atoms with Gasteiger partial charge in [0.15, 0.2) is 0 Å². The Bertz CT molecular complexity index is 190. The highest BCUT2D eigenvalue weighted by molar-refractivity contribution is 5.08. The van der Waals surface area contributed by atoms with Gasteiger partial charge in [-0.3, -0.25) is 4.90 Å². The molecular formula is C8H13F2NO. The highest BCUT2D eigenvalue weighted by Gasteiger charge is 2.54. The van der Waals surface area contributed by atoms with E-state index < -0.39 is 17.9 Å². The number of aliphatic hydroxyl groups is 1. The van der Waals surface area contributed by atoms with Gasteiger partial charge in [-0.25, -0.2) is 8.78 Å². The number of alkyl halides is 2. The maximum atomic E-state index is 13.3. The van der Waals surface area contributed by atoms with E-state index in [-0.39, 0.29) is 13.0 Å². The van der Waals surface area contributed by atoms with Crippen LogP contribution in [0.25, 0.3) is 0 Å². The molecule has 0 spiro atoms. The van der Waals surface area contributed by atoms with Gasteiger partial charge in [0, 0.05) is 19.5 Å². The second kappa shape index (κ2) is 2.64. The van der Waals surface area contributed by atoms with Gasteiger partial charge in [-0.15, -0.1) is 0 Å². The van der Waals surface area contributed by atoms with E-state index >= 15 is 0 Å². The molecule has 0 radical (unpaired) electrons. The average Bonchev–Trinajstić information content (AvgIpc) is 2.50. The maximum absolute atomic E-state index is 13.3. The quantitative estimate of drug-likeness (QED) is 0.630. The molecule has 2 rings (SSSR count). The molecular weight excluding hydrogens is 164 g/mol. The fourth-order valence-corrected chi connectivity index (χ4v) is 2.44. The Hall–Kier alpha value is -0.220. The van der Waals surface area contributed by atoms with Gasteiger partial charge in [0.25, 0.3) is 0 Å². The molecule has 0 bridgehead atoms. The fraction of sp³-hybridized carbons (Fsp3) is 1.00. The minimum absolute atomic E-state index is 0.157. The minimum atomic E-state index is -1.05. The van der Waals surface area contributed by atoms with Gasteiger partial charge in [0.2, 0.25) is 0 Å². The molecule has 0 saturated carbocycles. The Morgan fingerprint density at radius 3 is 2.83 bits per heavy atom. The smallest absolute Gasteiger partial charge is 0.122 e. The molecule has 1 N–H and O–H groups in total. The van der Waals surface area contributed by atoms with Crippen molar-refractivity contribution in [3.63, 3.8) is 0 Å². The topological polar surface area (TPSA) is 23.5 Å². The zero-order valence-electron chi connectivity index (χ0n) is 6.84. The Labute approximate surface area is 70.2 Å². The third kappa shape index (κ3) is 0.910. The van der Waals surface area contributed by atoms with Crippen LogP contribution in [0.3, 0.4) is 0 Å². The van der Waals surface area contributed by atoms with Crippen molar-refractivity contribution in [1.29, 1.82) is 0 Å². The van der Waals surface area contributed by atoms with Crippen LogP contribution >= 0.6 is 0 Å². The molecule has 2 nitrogen and oxygen atoms in total. The second-order valence-electron chi connectivity index (χ2n) is 3.77. The minimum Gasteiger partial charge on any atom is -0.394 e. The third-order valence-electron chi connectivity index (χ3n) is 3.13. The lowest BCUT2D eigenvalue weighted by atomic mass is 9.93. The summed E-state index contributed by atoms with van der Waals surface area (Å²) in [5.74, 6) is 0. The molecule has 70 valence electrons. The molecule has 0 aromatic carbocycles. The van der Waals surface area contributed by atoms with Crippen molar-refractivity contribution in [1.82, 2.24) is 4.90 Å². The maximum Gasteiger partial charge on any atom is 0.122 e. The first-order valence-corrected chi connectivity index (χ1v) is 4.33. The highest BCUT2D eigenvalue weighted by atomic mass is 19.1. The van der Waals surface area contributed by atoms with Crippen molar-refractivity contribution in [2.24, 2.45) is 0 Å². The van der Waals surface area contributed by atoms with Crippen LogP contribution in [0.2, 0.25) is 0 Å². The summed E-state index contributed by atoms with van der Waals surface area (Å²) < 4.78 is 26.3. The first kappa shape index (κ1) is 8.38. The summed E-state index contributed by atoms with van der Waals surface area (Å²) in [5.41, 5.74) is -0.876. The molecule has 2 saturated heterocycles. The number of halogens is 2. The van der Waals surface area contributed by atoms with E-state index in [1.165, 1.54) is 0 Å². The van der Waals surface area contributed by atoms with Crippen LogP contribution in [0.4, 0.5) is 8.78 Å². The predicted molar refractivity (Wildman–Crippen MR) is 40.4 cm³/mol. The van der Waals surface area contributed by atoms with Crippen molar-refractivity contribution in [2.75, 3.05) is 19.7 Å². The number of hydrogen-bond acceptors (Lipinski definition) is 2. The highest BCUT2D eigenvalue weighted by Crippen LogP contribution is 2.41. The van der Waals surface area contributed by atoms with Gasteiger partial charge in [-0.05, 0) is 6.42 Å². The Kier molecular flexibility index (Phi) is 1.84. The summed E-state index contributed by atoms with van der Waals surface area (Å²) in [4.78, 5) is 1.75. The summed E-state index contributed by atoms with van der Waals surface area (Å²) in [5, 5.41) is 9.07. The number of aliphatic hydroxyl groups excluding tert-OH is 1. The van der Waals surface area contributed by atoms with Crippen LogP contribution in [0.1, 0.15) is 12.8 Å². The zero-order valence-corrected chi connectivity index (χ0v) is 6.84. The van der Waals surface area contributed by atoms with Crippen molar-refractivity contribution in [2.45, 2.75) is 30.7 Å². The summed E-state index contributed by atoms with van der Waals surface area (Å²) in [6.07, 6.45) is -1.42. The normalized spacial score (nSPS) is 48.2. The lowest BCUT2D eigenvalue weighted by molar-refractivity contribution is 0.0492. The van der Waals surface area contributed by atoms with E-state index in [2.05, 4.69) is 0 Å². The molecule has 2 heterocycles. The van der Waals surface area contributed by atoms with E-state index in [9.17, 15) is 8.78 Å². The van der Waals surface area contributed by atoms with E-state index in [1.54, 1.807) is 4.90 Å². The molecule has 2 unspecified atom stereocenters. The van der Waals surface area contributed by atoms with Gasteiger partial charge in [-0.2, -0.15) is 0 Å². The van der Waals surface area contributed by atoms with Gasteiger partial charge >= 0.3 is 0 Å². The van der Waals surface area contributed by atoms with E-state index in [4.69, 9.17) is 5.11 Å². The third-order valence-corrected chi connectivity index (χ3v) is 3.13. The first-order valence-electron chi connectivity index (χ1n) is 4.33. The van der Waals surface area contributed by atoms with Gasteiger partial charge in [-0.1, -0.05) is 0 Å². The number of rotatable bonds is 1. The standard InChI is InChI=1S/C8H13F2NO/c9-6-3-8(5-12)7(10)1-2-11(8)4-6/h6-7,12H,1-5H2/t6?,7?,8-/m0/s1. The van der Waals surface area contributed by atoms with Crippen molar-refractivity contribution in [3.05, 3.63) is 0 Å². The van der Waals surface area contributed by atoms with Crippen LogP contribution in [-0.4, -0.2) is 47.6 Å². The number of hydrogen-bond donors (Lipinski definition) is 1. The van der Waals surface area contributed by atoms with Gasteiger partial charge < -0.3 is 5.11 Å². The van der Waals surface area contributed by atoms with Gasteiger partial charge in [0.1, 0.15) is 12.3 Å². The first-order chi connectivity index (χ1) is 5.69. The molecule has 4 heteroatoms. The molecule has 0 aliphatic carbocycles. The Balaban J connectivity index is 2.22. The molecule has 2 aliphatic rings. The largest absolute Gasteiger partial charge is 0.394 e. The van der Waals surface area contributed by atoms with Crippen molar-refractivity contribution < 1.29 is 13.9 Å². The monoisotopic (exact) mass is 177 g/mol. The van der Waals surface area contributed by atoms with E-state index in [0.717, 1.165) is 0 Å². The lowest BCUT2D eigenvalue weighted by Crippen LogP contribution is -2.47. The van der Waals surface area contributed by atoms with Gasteiger partial charge in [0.05, 0.1) is 12.1 Å². The van der Waals surface area contributed by atoms with Crippen molar-refractivity contribution in [3.8, 4) is 0 Å². The molecule has 12 heavy (non-hydrogen) atoms. The Morgan fingerprint density at radius 1 is 1.50 bits per heavy atom. The number of fused-ring (bicyclic) bond motifs is 1. The predicted octanol–water partition coefficient (Wildman–Crippen LogP) is 0.503. The Morgan fingerprint density at radius 2 is 2.25 bits per heavy atom. The van der Waals surface area contributed by atoms with Crippen LogP contribution in [0.5, 0.6) is 0 Å².